The summed E-state index contributed by atoms with van der Waals surface area (Å²) in [7, 11) is 0. The van der Waals surface area contributed by atoms with Gasteiger partial charge in [-0.05, 0) is 38.3 Å². The Bertz CT molecular complexity index is 904. The minimum atomic E-state index is -0.0317. The van der Waals surface area contributed by atoms with Gasteiger partial charge in [-0.3, -0.25) is 9.20 Å². The van der Waals surface area contributed by atoms with E-state index in [1.165, 1.54) is 6.42 Å². The molecular formula is C17H16ClN3O. The monoisotopic (exact) mass is 313 g/mol. The summed E-state index contributed by atoms with van der Waals surface area (Å²) in [6.45, 7) is 1.98. The molecule has 1 aliphatic carbocycles. The predicted molar refractivity (Wildman–Crippen MR) is 87.5 cm³/mol. The van der Waals surface area contributed by atoms with Crippen LogP contribution in [0.1, 0.15) is 31.0 Å². The first-order valence-corrected chi connectivity index (χ1v) is 7.88. The molecule has 0 amide bonds. The lowest BCUT2D eigenvalue weighted by Gasteiger charge is -2.30. The van der Waals surface area contributed by atoms with Gasteiger partial charge in [0.25, 0.3) is 5.56 Å². The van der Waals surface area contributed by atoms with E-state index in [9.17, 15) is 4.79 Å². The van der Waals surface area contributed by atoms with E-state index in [1.807, 2.05) is 37.4 Å². The number of imidazole rings is 1. The Labute approximate surface area is 133 Å². The van der Waals surface area contributed by atoms with Crippen LogP contribution in [-0.2, 0) is 0 Å². The molecule has 0 spiro atoms. The summed E-state index contributed by atoms with van der Waals surface area (Å²) in [5.74, 6) is 0.736. The Kier molecular flexibility index (Phi) is 3.08. The van der Waals surface area contributed by atoms with Crippen LogP contribution in [0.4, 0.5) is 0 Å². The quantitative estimate of drug-likeness (QED) is 0.721. The zero-order chi connectivity index (χ0) is 15.3. The Morgan fingerprint density at radius 1 is 1.23 bits per heavy atom. The van der Waals surface area contributed by atoms with Gasteiger partial charge in [0, 0.05) is 34.6 Å². The average Bonchev–Trinajstić information content (AvgIpc) is 2.87. The fraction of sp³-hybridized carbons (Fsp3) is 0.294. The standard InChI is InChI=1S/C17H16ClN3O/c1-11-9-16(22)20-10-15(12-5-7-13(18)8-6-12)19-17(20)21(11)14-3-2-4-14/h5-10,14H,2-4H2,1H3. The molecule has 2 aromatic heterocycles. The number of fused-ring (bicyclic) bond motifs is 1. The summed E-state index contributed by atoms with van der Waals surface area (Å²) in [5, 5.41) is 0.692. The zero-order valence-corrected chi connectivity index (χ0v) is 13.0. The third-order valence-corrected chi connectivity index (χ3v) is 4.68. The van der Waals surface area contributed by atoms with Gasteiger partial charge in [-0.15, -0.1) is 0 Å². The van der Waals surface area contributed by atoms with Gasteiger partial charge in [-0.25, -0.2) is 4.98 Å². The van der Waals surface area contributed by atoms with Crippen molar-refractivity contribution >= 4 is 17.4 Å². The summed E-state index contributed by atoms with van der Waals surface area (Å²) in [5.41, 5.74) is 2.71. The highest BCUT2D eigenvalue weighted by Gasteiger charge is 2.23. The molecule has 1 fully saturated rings. The molecule has 22 heavy (non-hydrogen) atoms. The Hall–Kier alpha value is -2.07. The lowest BCUT2D eigenvalue weighted by Crippen LogP contribution is -2.25. The first kappa shape index (κ1) is 13.6. The summed E-state index contributed by atoms with van der Waals surface area (Å²) in [6.07, 6.45) is 5.37. The molecule has 0 unspecified atom stereocenters. The predicted octanol–water partition coefficient (Wildman–Crippen LogP) is 3.85. The molecule has 0 saturated heterocycles. The lowest BCUT2D eigenvalue weighted by molar-refractivity contribution is 0.311. The number of hydrogen-bond donors (Lipinski definition) is 0. The van der Waals surface area contributed by atoms with Crippen LogP contribution in [0.25, 0.3) is 17.0 Å². The van der Waals surface area contributed by atoms with Crippen LogP contribution in [-0.4, -0.2) is 14.0 Å². The first-order valence-electron chi connectivity index (χ1n) is 7.51. The van der Waals surface area contributed by atoms with Crippen LogP contribution in [0, 0.1) is 6.92 Å². The van der Waals surface area contributed by atoms with E-state index in [-0.39, 0.29) is 5.56 Å². The molecule has 1 aliphatic rings. The largest absolute Gasteiger partial charge is 0.312 e. The normalized spacial score (nSPS) is 15.2. The molecule has 0 bridgehead atoms. The number of aryl methyl sites for hydroxylation is 1. The zero-order valence-electron chi connectivity index (χ0n) is 12.3. The Morgan fingerprint density at radius 2 is 1.95 bits per heavy atom. The summed E-state index contributed by atoms with van der Waals surface area (Å²) < 4.78 is 3.85. The minimum Gasteiger partial charge on any atom is -0.312 e. The lowest BCUT2D eigenvalue weighted by atomic mass is 9.92. The fourth-order valence-corrected chi connectivity index (χ4v) is 3.16. The van der Waals surface area contributed by atoms with E-state index in [2.05, 4.69) is 4.57 Å². The first-order chi connectivity index (χ1) is 10.6. The van der Waals surface area contributed by atoms with Gasteiger partial charge >= 0.3 is 0 Å². The van der Waals surface area contributed by atoms with Crippen LogP contribution >= 0.6 is 11.6 Å². The molecule has 112 valence electrons. The van der Waals surface area contributed by atoms with Gasteiger partial charge in [-0.2, -0.15) is 0 Å². The average molecular weight is 314 g/mol. The van der Waals surface area contributed by atoms with Crippen LogP contribution in [0.3, 0.4) is 0 Å². The molecule has 4 nitrogen and oxygen atoms in total. The molecule has 0 aliphatic heterocycles. The highest BCUT2D eigenvalue weighted by atomic mass is 35.5. The van der Waals surface area contributed by atoms with Crippen LogP contribution < -0.4 is 5.56 Å². The van der Waals surface area contributed by atoms with Crippen LogP contribution in [0.15, 0.2) is 41.3 Å². The smallest absolute Gasteiger partial charge is 0.259 e. The van der Waals surface area contributed by atoms with E-state index in [1.54, 1.807) is 10.5 Å². The third kappa shape index (κ3) is 2.06. The number of aromatic nitrogens is 3. The van der Waals surface area contributed by atoms with Crippen molar-refractivity contribution in [1.82, 2.24) is 14.0 Å². The van der Waals surface area contributed by atoms with Gasteiger partial charge in [0.15, 0.2) is 0 Å². The third-order valence-electron chi connectivity index (χ3n) is 4.43. The highest BCUT2D eigenvalue weighted by molar-refractivity contribution is 6.30. The van der Waals surface area contributed by atoms with Crippen molar-refractivity contribution in [2.45, 2.75) is 32.2 Å². The van der Waals surface area contributed by atoms with Crippen molar-refractivity contribution in [3.8, 4) is 11.3 Å². The molecule has 5 heteroatoms. The van der Waals surface area contributed by atoms with Crippen LogP contribution in [0.5, 0.6) is 0 Å². The van der Waals surface area contributed by atoms with E-state index < -0.39 is 0 Å². The number of hydrogen-bond acceptors (Lipinski definition) is 2. The number of nitrogens with zero attached hydrogens (tertiary/aromatic N) is 3. The molecule has 1 saturated carbocycles. The molecule has 0 radical (unpaired) electrons. The Balaban J connectivity index is 1.94. The van der Waals surface area contributed by atoms with Crippen molar-refractivity contribution in [1.29, 1.82) is 0 Å². The number of halogens is 1. The van der Waals surface area contributed by atoms with Crippen molar-refractivity contribution in [2.24, 2.45) is 0 Å². The van der Waals surface area contributed by atoms with Gasteiger partial charge in [0.2, 0.25) is 5.78 Å². The summed E-state index contributed by atoms with van der Waals surface area (Å²) >= 11 is 5.94. The summed E-state index contributed by atoms with van der Waals surface area (Å²) in [6, 6.07) is 9.68. The van der Waals surface area contributed by atoms with Crippen molar-refractivity contribution in [3.63, 3.8) is 0 Å². The highest BCUT2D eigenvalue weighted by Crippen LogP contribution is 2.33. The maximum atomic E-state index is 12.3. The molecule has 0 N–H and O–H groups in total. The van der Waals surface area contributed by atoms with Gasteiger partial charge in [0.05, 0.1) is 5.69 Å². The molecule has 3 aromatic rings. The van der Waals surface area contributed by atoms with Crippen molar-refractivity contribution < 1.29 is 0 Å². The van der Waals surface area contributed by atoms with Gasteiger partial charge < -0.3 is 4.57 Å². The second-order valence-electron chi connectivity index (χ2n) is 5.88. The van der Waals surface area contributed by atoms with Crippen molar-refractivity contribution in [3.05, 3.63) is 57.6 Å². The second kappa shape index (κ2) is 4.99. The molecule has 1 aromatic carbocycles. The van der Waals surface area contributed by atoms with Gasteiger partial charge in [0.1, 0.15) is 0 Å². The fourth-order valence-electron chi connectivity index (χ4n) is 3.03. The number of rotatable bonds is 2. The minimum absolute atomic E-state index is 0.0317. The number of benzene rings is 1. The van der Waals surface area contributed by atoms with E-state index in [4.69, 9.17) is 16.6 Å². The topological polar surface area (TPSA) is 39.3 Å². The van der Waals surface area contributed by atoms with Gasteiger partial charge in [-0.1, -0.05) is 23.7 Å². The molecular weight excluding hydrogens is 298 g/mol. The summed E-state index contributed by atoms with van der Waals surface area (Å²) in [4.78, 5) is 17.0. The molecule has 2 heterocycles. The SMILES string of the molecule is Cc1cc(=O)n2cc(-c3ccc(Cl)cc3)nc2n1C1CCC1. The Morgan fingerprint density at radius 3 is 2.59 bits per heavy atom. The maximum Gasteiger partial charge on any atom is 0.259 e. The van der Waals surface area contributed by atoms with E-state index >= 15 is 0 Å². The molecule has 4 rings (SSSR count). The van der Waals surface area contributed by atoms with Crippen LogP contribution in [0.2, 0.25) is 5.02 Å². The van der Waals surface area contributed by atoms with E-state index in [0.29, 0.717) is 11.1 Å². The molecule has 0 atom stereocenters. The van der Waals surface area contributed by atoms with E-state index in [0.717, 1.165) is 35.6 Å². The van der Waals surface area contributed by atoms with Crippen molar-refractivity contribution in [2.75, 3.05) is 0 Å². The maximum absolute atomic E-state index is 12.3. The second-order valence-corrected chi connectivity index (χ2v) is 6.32.